The van der Waals surface area contributed by atoms with Gasteiger partial charge >= 0.3 is 12.0 Å². The number of benzene rings is 1. The Balaban J connectivity index is 2.28. The largest absolute Gasteiger partial charge is 0.454 e. The maximum atomic E-state index is 11.8. The van der Waals surface area contributed by atoms with Crippen LogP contribution >= 0.6 is 11.6 Å². The molecular weight excluding hydrogens is 350 g/mol. The van der Waals surface area contributed by atoms with Crippen LogP contribution in [-0.4, -0.2) is 43.0 Å². The molecule has 0 aromatic heterocycles. The lowest BCUT2D eigenvalue weighted by atomic mass is 10.2. The van der Waals surface area contributed by atoms with Crippen molar-refractivity contribution >= 4 is 35.4 Å². The molecule has 1 aromatic rings. The minimum absolute atomic E-state index is 0.0848. The van der Waals surface area contributed by atoms with Gasteiger partial charge in [0, 0.05) is 16.6 Å². The fourth-order valence-corrected chi connectivity index (χ4v) is 1.70. The summed E-state index contributed by atoms with van der Waals surface area (Å²) in [5.74, 6) is -2.05. The van der Waals surface area contributed by atoms with Crippen LogP contribution in [0, 0.1) is 0 Å². The molecule has 0 radical (unpaired) electrons. The molecule has 9 heteroatoms. The van der Waals surface area contributed by atoms with Gasteiger partial charge in [-0.05, 0) is 37.6 Å². The fraction of sp³-hybridized carbons (Fsp3) is 0.375. The third-order valence-electron chi connectivity index (χ3n) is 3.11. The number of carbonyl (C=O) groups excluding carboxylic acids is 4. The molecule has 0 unspecified atom stereocenters. The number of carbonyl (C=O) groups is 4. The zero-order chi connectivity index (χ0) is 18.8. The molecule has 0 fully saturated rings. The van der Waals surface area contributed by atoms with Crippen molar-refractivity contribution in [2.75, 3.05) is 13.2 Å². The molecule has 1 atom stereocenters. The number of nitrogens with one attached hydrogen (secondary N) is 3. The first-order chi connectivity index (χ1) is 11.8. The lowest BCUT2D eigenvalue weighted by Crippen LogP contribution is -2.45. The number of imide groups is 1. The molecule has 0 bridgehead atoms. The van der Waals surface area contributed by atoms with Gasteiger partial charge in [0.05, 0.1) is 0 Å². The number of urea groups is 1. The van der Waals surface area contributed by atoms with E-state index < -0.39 is 37.0 Å². The third kappa shape index (κ3) is 8.16. The van der Waals surface area contributed by atoms with Crippen LogP contribution in [0.25, 0.3) is 0 Å². The monoisotopic (exact) mass is 369 g/mol. The average molecular weight is 370 g/mol. The second kappa shape index (κ2) is 10.3. The predicted molar refractivity (Wildman–Crippen MR) is 91.2 cm³/mol. The van der Waals surface area contributed by atoms with E-state index >= 15 is 0 Å². The van der Waals surface area contributed by atoms with Gasteiger partial charge in [-0.3, -0.25) is 19.7 Å². The molecular formula is C16H20ClN3O5. The zero-order valence-electron chi connectivity index (χ0n) is 13.9. The molecule has 25 heavy (non-hydrogen) atoms. The second-order valence-corrected chi connectivity index (χ2v) is 5.62. The van der Waals surface area contributed by atoms with Crippen LogP contribution in [0.5, 0.6) is 0 Å². The Bertz CT molecular complexity index is 633. The molecule has 0 aliphatic carbocycles. The van der Waals surface area contributed by atoms with Crippen molar-refractivity contribution in [3.05, 3.63) is 34.9 Å². The van der Waals surface area contributed by atoms with Gasteiger partial charge < -0.3 is 15.4 Å². The van der Waals surface area contributed by atoms with E-state index in [9.17, 15) is 19.2 Å². The van der Waals surface area contributed by atoms with Gasteiger partial charge in [0.15, 0.2) is 6.61 Å². The standard InChI is InChI=1S/C16H20ClN3O5/c1-3-10(2)19-16(24)20-13(21)9-25-14(22)8-18-15(23)11-4-6-12(17)7-5-11/h4-7,10H,3,8-9H2,1-2H3,(H,18,23)(H2,19,20,21,24)/t10-/m1/s1. The Morgan fingerprint density at radius 1 is 1.16 bits per heavy atom. The summed E-state index contributed by atoms with van der Waals surface area (Å²) in [5.41, 5.74) is 0.330. The molecule has 0 spiro atoms. The molecule has 1 aromatic carbocycles. The molecule has 8 nitrogen and oxygen atoms in total. The summed E-state index contributed by atoms with van der Waals surface area (Å²) >= 11 is 5.71. The highest BCUT2D eigenvalue weighted by Crippen LogP contribution is 2.09. The van der Waals surface area contributed by atoms with Crippen LogP contribution in [-0.2, 0) is 14.3 Å². The van der Waals surface area contributed by atoms with Crippen molar-refractivity contribution in [3.8, 4) is 0 Å². The SMILES string of the molecule is CC[C@@H](C)NC(=O)NC(=O)COC(=O)CNC(=O)c1ccc(Cl)cc1. The van der Waals surface area contributed by atoms with Gasteiger partial charge in [-0.2, -0.15) is 0 Å². The van der Waals surface area contributed by atoms with Crippen molar-refractivity contribution in [1.29, 1.82) is 0 Å². The summed E-state index contributed by atoms with van der Waals surface area (Å²) in [6.45, 7) is 2.64. The highest BCUT2D eigenvalue weighted by molar-refractivity contribution is 6.30. The summed E-state index contributed by atoms with van der Waals surface area (Å²) in [4.78, 5) is 46.2. The molecule has 0 aliphatic heterocycles. The van der Waals surface area contributed by atoms with E-state index in [1.54, 1.807) is 19.1 Å². The van der Waals surface area contributed by atoms with Gasteiger partial charge in [-0.1, -0.05) is 18.5 Å². The topological polar surface area (TPSA) is 114 Å². The average Bonchev–Trinajstić information content (AvgIpc) is 2.58. The van der Waals surface area contributed by atoms with Crippen LogP contribution in [0.15, 0.2) is 24.3 Å². The number of hydrogen-bond acceptors (Lipinski definition) is 5. The van der Waals surface area contributed by atoms with Gasteiger partial charge in [-0.15, -0.1) is 0 Å². The normalized spacial score (nSPS) is 11.2. The lowest BCUT2D eigenvalue weighted by Gasteiger charge is -2.11. The quantitative estimate of drug-likeness (QED) is 0.626. The second-order valence-electron chi connectivity index (χ2n) is 5.18. The molecule has 0 heterocycles. The van der Waals surface area contributed by atoms with Crippen LogP contribution in [0.4, 0.5) is 4.79 Å². The Labute approximate surface area is 150 Å². The summed E-state index contributed by atoms with van der Waals surface area (Å²) in [5, 5.41) is 7.40. The molecule has 4 amide bonds. The van der Waals surface area contributed by atoms with Crippen molar-refractivity contribution in [3.63, 3.8) is 0 Å². The van der Waals surface area contributed by atoms with Crippen LogP contribution in [0.1, 0.15) is 30.6 Å². The molecule has 0 saturated heterocycles. The Morgan fingerprint density at radius 2 is 1.80 bits per heavy atom. The molecule has 0 aliphatic rings. The third-order valence-corrected chi connectivity index (χ3v) is 3.36. The summed E-state index contributed by atoms with van der Waals surface area (Å²) < 4.78 is 4.67. The zero-order valence-corrected chi connectivity index (χ0v) is 14.7. The van der Waals surface area contributed by atoms with Crippen molar-refractivity contribution in [2.24, 2.45) is 0 Å². The van der Waals surface area contributed by atoms with Gasteiger partial charge in [0.1, 0.15) is 6.54 Å². The van der Waals surface area contributed by atoms with E-state index in [4.69, 9.17) is 11.6 Å². The van der Waals surface area contributed by atoms with Crippen molar-refractivity contribution in [1.82, 2.24) is 16.0 Å². The maximum absolute atomic E-state index is 11.8. The highest BCUT2D eigenvalue weighted by Gasteiger charge is 2.13. The van der Waals surface area contributed by atoms with E-state index in [-0.39, 0.29) is 6.04 Å². The first-order valence-electron chi connectivity index (χ1n) is 7.61. The van der Waals surface area contributed by atoms with E-state index in [1.807, 2.05) is 12.2 Å². The van der Waals surface area contributed by atoms with Crippen LogP contribution in [0.2, 0.25) is 5.02 Å². The number of hydrogen-bond donors (Lipinski definition) is 3. The van der Waals surface area contributed by atoms with E-state index in [0.717, 1.165) is 0 Å². The number of rotatable bonds is 7. The lowest BCUT2D eigenvalue weighted by molar-refractivity contribution is -0.147. The van der Waals surface area contributed by atoms with E-state index in [1.165, 1.54) is 12.1 Å². The van der Waals surface area contributed by atoms with Crippen LogP contribution < -0.4 is 16.0 Å². The van der Waals surface area contributed by atoms with Crippen molar-refractivity contribution < 1.29 is 23.9 Å². The molecule has 3 N–H and O–H groups in total. The van der Waals surface area contributed by atoms with Gasteiger partial charge in [0.2, 0.25) is 0 Å². The Morgan fingerprint density at radius 3 is 2.40 bits per heavy atom. The van der Waals surface area contributed by atoms with Crippen LogP contribution in [0.3, 0.4) is 0 Å². The number of amides is 4. The minimum Gasteiger partial charge on any atom is -0.454 e. The number of ether oxygens (including phenoxy) is 1. The summed E-state index contributed by atoms with van der Waals surface area (Å²) in [6.07, 6.45) is 0.712. The number of halogens is 1. The molecule has 1 rings (SSSR count). The van der Waals surface area contributed by atoms with Gasteiger partial charge in [-0.25, -0.2) is 4.79 Å². The molecule has 136 valence electrons. The highest BCUT2D eigenvalue weighted by atomic mass is 35.5. The Hall–Kier alpha value is -2.61. The fourth-order valence-electron chi connectivity index (χ4n) is 1.58. The minimum atomic E-state index is -0.806. The molecule has 0 saturated carbocycles. The smallest absolute Gasteiger partial charge is 0.325 e. The van der Waals surface area contributed by atoms with Crippen molar-refractivity contribution in [2.45, 2.75) is 26.3 Å². The summed E-state index contributed by atoms with van der Waals surface area (Å²) in [6, 6.07) is 5.36. The predicted octanol–water partition coefficient (Wildman–Crippen LogP) is 1.24. The van der Waals surface area contributed by atoms with Gasteiger partial charge in [0.25, 0.3) is 11.8 Å². The van der Waals surface area contributed by atoms with E-state index in [2.05, 4.69) is 15.4 Å². The maximum Gasteiger partial charge on any atom is 0.325 e. The first-order valence-corrected chi connectivity index (χ1v) is 7.99. The Kier molecular flexibility index (Phi) is 8.42. The van der Waals surface area contributed by atoms with E-state index in [0.29, 0.717) is 17.0 Å². The number of esters is 1. The first kappa shape index (κ1) is 20.4. The summed E-state index contributed by atoms with van der Waals surface area (Å²) in [7, 11) is 0.